The molecular weight excluding hydrogens is 565 g/mol. The third kappa shape index (κ3) is 16.1. The molecule has 0 rings (SSSR count). The van der Waals surface area contributed by atoms with Crippen LogP contribution in [0.3, 0.4) is 0 Å². The third-order valence-corrected chi connectivity index (χ3v) is 17.8. The fourth-order valence-corrected chi connectivity index (χ4v) is 6.88. The number of aliphatic hydroxyl groups is 2. The molecule has 0 aliphatic rings. The molecule has 0 heterocycles. The molecule has 0 aliphatic carbocycles. The van der Waals surface area contributed by atoms with Crippen molar-refractivity contribution in [3.63, 3.8) is 0 Å². The molecule has 2 N–H and O–H groups in total. The monoisotopic (exact) mass is 628 g/mol. The zero-order chi connectivity index (χ0) is 32.8. The zero-order valence-corrected chi connectivity index (χ0v) is 30.9. The molecule has 0 aromatic heterocycles. The van der Waals surface area contributed by atoms with Crippen LogP contribution >= 0.6 is 0 Å². The highest BCUT2D eigenvalue weighted by Gasteiger charge is 2.41. The van der Waals surface area contributed by atoms with Crippen LogP contribution in [0.2, 0.25) is 36.3 Å². The van der Waals surface area contributed by atoms with Gasteiger partial charge in [-0.15, -0.1) is 0 Å². The molecule has 0 aliphatic heterocycles. The zero-order valence-electron chi connectivity index (χ0n) is 28.9. The first-order valence-electron chi connectivity index (χ1n) is 15.8. The van der Waals surface area contributed by atoms with Gasteiger partial charge in [0.15, 0.2) is 16.6 Å². The minimum atomic E-state index is -2.20. The second-order valence-corrected chi connectivity index (χ2v) is 24.2. The fraction of sp³-hybridized carbons (Fsp3) is 0.818. The summed E-state index contributed by atoms with van der Waals surface area (Å²) in [5.41, 5.74) is 0. The van der Waals surface area contributed by atoms with Gasteiger partial charge in [-0.3, -0.25) is 9.59 Å². The molecule has 0 aromatic rings. The summed E-state index contributed by atoms with van der Waals surface area (Å²) in [5, 5.41) is 20.1. The van der Waals surface area contributed by atoms with Gasteiger partial charge in [-0.1, -0.05) is 72.8 Å². The fourth-order valence-electron chi connectivity index (χ4n) is 4.05. The van der Waals surface area contributed by atoms with Crippen molar-refractivity contribution in [3.8, 4) is 0 Å². The SMILES string of the molecule is CCOC(=O)CC(=O)C[C@H](C[C@@H](O)C/C=C/CC[C@H](O[Si](C)(C)C(C)(C)C)[C@H](C)C/C=C/CO)O[Si](C)(C)C(C)(C)C. The van der Waals surface area contributed by atoms with Gasteiger partial charge in [-0.2, -0.15) is 0 Å². The summed E-state index contributed by atoms with van der Waals surface area (Å²) in [6, 6.07) is 0. The summed E-state index contributed by atoms with van der Waals surface area (Å²) < 4.78 is 18.3. The van der Waals surface area contributed by atoms with Crippen molar-refractivity contribution < 1.29 is 33.4 Å². The van der Waals surface area contributed by atoms with E-state index in [0.717, 1.165) is 19.3 Å². The van der Waals surface area contributed by atoms with E-state index in [0.29, 0.717) is 18.8 Å². The number of esters is 1. The van der Waals surface area contributed by atoms with Crippen molar-refractivity contribution in [3.05, 3.63) is 24.3 Å². The van der Waals surface area contributed by atoms with Crippen LogP contribution in [0.5, 0.6) is 0 Å². The average molecular weight is 629 g/mol. The van der Waals surface area contributed by atoms with E-state index in [1.807, 2.05) is 12.2 Å². The molecule has 0 saturated carbocycles. The van der Waals surface area contributed by atoms with E-state index < -0.39 is 34.8 Å². The smallest absolute Gasteiger partial charge is 0.313 e. The van der Waals surface area contributed by atoms with Gasteiger partial charge in [0.1, 0.15) is 12.2 Å². The minimum Gasteiger partial charge on any atom is -0.466 e. The standard InChI is InChI=1S/C33H64O7Si2/c1-13-38-31(37)25-28(36)24-29(39-41(9,10)32(3,4)5)23-27(35)20-15-14-16-21-30(26(2)19-17-18-22-34)40-42(11,12)33(6,7)8/h14-15,17-18,26-27,29-30,34-35H,13,16,19-25H2,1-12H3/b15-14+,18-17+/t26-,27+,29+,30+/m1/s1. The Morgan fingerprint density at radius 3 is 1.93 bits per heavy atom. The van der Waals surface area contributed by atoms with E-state index in [2.05, 4.69) is 80.7 Å². The first-order chi connectivity index (χ1) is 19.2. The van der Waals surface area contributed by atoms with Gasteiger partial charge >= 0.3 is 5.97 Å². The molecule has 0 unspecified atom stereocenters. The number of ketones is 1. The van der Waals surface area contributed by atoms with Gasteiger partial charge in [0, 0.05) is 12.5 Å². The summed E-state index contributed by atoms with van der Waals surface area (Å²) >= 11 is 0. The van der Waals surface area contributed by atoms with E-state index >= 15 is 0 Å². The van der Waals surface area contributed by atoms with Crippen molar-refractivity contribution in [1.82, 2.24) is 0 Å². The van der Waals surface area contributed by atoms with Crippen LogP contribution in [0.4, 0.5) is 0 Å². The largest absolute Gasteiger partial charge is 0.466 e. The highest BCUT2D eigenvalue weighted by Crippen LogP contribution is 2.40. The van der Waals surface area contributed by atoms with Crippen molar-refractivity contribution in [1.29, 1.82) is 0 Å². The molecule has 7 nitrogen and oxygen atoms in total. The first-order valence-corrected chi connectivity index (χ1v) is 21.6. The molecule has 0 amide bonds. The van der Waals surface area contributed by atoms with Crippen LogP contribution in [0.15, 0.2) is 24.3 Å². The summed E-state index contributed by atoms with van der Waals surface area (Å²) in [7, 11) is -4.15. The Morgan fingerprint density at radius 1 is 0.857 bits per heavy atom. The van der Waals surface area contributed by atoms with Crippen LogP contribution in [-0.4, -0.2) is 70.1 Å². The molecule has 9 heteroatoms. The highest BCUT2D eigenvalue weighted by atomic mass is 28.4. The highest BCUT2D eigenvalue weighted by molar-refractivity contribution is 6.74. The van der Waals surface area contributed by atoms with Crippen molar-refractivity contribution in [2.75, 3.05) is 13.2 Å². The predicted octanol–water partition coefficient (Wildman–Crippen LogP) is 7.73. The Bertz CT molecular complexity index is 853. The van der Waals surface area contributed by atoms with Gasteiger partial charge < -0.3 is 23.8 Å². The maximum atomic E-state index is 12.6. The lowest BCUT2D eigenvalue weighted by Gasteiger charge is -2.41. The Balaban J connectivity index is 5.33. The van der Waals surface area contributed by atoms with Crippen molar-refractivity contribution >= 4 is 28.4 Å². The van der Waals surface area contributed by atoms with Gasteiger partial charge in [0.05, 0.1) is 25.4 Å². The predicted molar refractivity (Wildman–Crippen MR) is 179 cm³/mol. The molecule has 42 heavy (non-hydrogen) atoms. The van der Waals surface area contributed by atoms with E-state index in [1.54, 1.807) is 13.0 Å². The van der Waals surface area contributed by atoms with E-state index in [-0.39, 0.29) is 48.0 Å². The average Bonchev–Trinajstić information content (AvgIpc) is 2.81. The lowest BCUT2D eigenvalue weighted by Crippen LogP contribution is -2.45. The number of rotatable bonds is 20. The number of ether oxygens (including phenoxy) is 1. The number of allylic oxidation sites excluding steroid dienone is 2. The molecular formula is C33H64O7Si2. The molecule has 4 atom stereocenters. The minimum absolute atomic E-state index is 0.0473. The van der Waals surface area contributed by atoms with Gasteiger partial charge in [-0.05, 0) is 81.2 Å². The van der Waals surface area contributed by atoms with Gasteiger partial charge in [0.2, 0.25) is 0 Å². The molecule has 0 spiro atoms. The normalized spacial score (nSPS) is 16.5. The topological polar surface area (TPSA) is 102 Å². The Morgan fingerprint density at radius 2 is 1.40 bits per heavy atom. The summed E-state index contributed by atoms with van der Waals surface area (Å²) in [5.74, 6) is -0.427. The van der Waals surface area contributed by atoms with E-state index in [4.69, 9.17) is 18.7 Å². The van der Waals surface area contributed by atoms with Crippen LogP contribution in [0.25, 0.3) is 0 Å². The van der Waals surface area contributed by atoms with Crippen LogP contribution < -0.4 is 0 Å². The van der Waals surface area contributed by atoms with Gasteiger partial charge in [-0.25, -0.2) is 0 Å². The molecule has 0 bridgehead atoms. The van der Waals surface area contributed by atoms with E-state index in [1.165, 1.54) is 0 Å². The summed E-state index contributed by atoms with van der Waals surface area (Å²) in [4.78, 5) is 24.5. The maximum Gasteiger partial charge on any atom is 0.313 e. The maximum absolute atomic E-state index is 12.6. The molecule has 0 fully saturated rings. The van der Waals surface area contributed by atoms with Crippen LogP contribution in [-0.2, 0) is 23.2 Å². The van der Waals surface area contributed by atoms with Crippen molar-refractivity contribution in [2.24, 2.45) is 5.92 Å². The van der Waals surface area contributed by atoms with Crippen molar-refractivity contribution in [2.45, 2.75) is 155 Å². The van der Waals surface area contributed by atoms with Crippen LogP contribution in [0, 0.1) is 5.92 Å². The number of hydrogen-bond donors (Lipinski definition) is 2. The summed E-state index contributed by atoms with van der Waals surface area (Å²) in [6.07, 6.45) is 10.1. The second kappa shape index (κ2) is 18.6. The molecule has 246 valence electrons. The van der Waals surface area contributed by atoms with Gasteiger partial charge in [0.25, 0.3) is 0 Å². The Labute approximate surface area is 259 Å². The molecule has 0 radical (unpaired) electrons. The Kier molecular flexibility index (Phi) is 18.2. The summed E-state index contributed by atoms with van der Waals surface area (Å²) in [6.45, 7) is 26.2. The quantitative estimate of drug-likeness (QED) is 0.0616. The lowest BCUT2D eigenvalue weighted by atomic mass is 9.96. The second-order valence-electron chi connectivity index (χ2n) is 14.7. The van der Waals surface area contributed by atoms with Crippen LogP contribution in [0.1, 0.15) is 100 Å². The lowest BCUT2D eigenvalue weighted by molar-refractivity contribution is -0.145. The van der Waals surface area contributed by atoms with E-state index in [9.17, 15) is 14.7 Å². The third-order valence-electron chi connectivity index (χ3n) is 8.76. The molecule has 0 aromatic carbocycles. The number of hydrogen-bond acceptors (Lipinski definition) is 7. The number of aliphatic hydroxyl groups excluding tert-OH is 2. The molecule has 0 saturated heterocycles. The number of Topliss-reactive ketones (excluding diaryl/α,β-unsaturated/α-hetero) is 1. The number of carbonyl (C=O) groups excluding carboxylic acids is 2. The first kappa shape index (κ1) is 40.9. The number of carbonyl (C=O) groups is 2. The Hall–Kier alpha value is -1.11.